The zero-order valence-corrected chi connectivity index (χ0v) is 8.24. The van der Waals surface area contributed by atoms with E-state index in [-0.39, 0.29) is 0 Å². The zero-order valence-electron chi connectivity index (χ0n) is 8.24. The standard InChI is InChI=1S/C7H10.C4H8O2/c1-2-7-4-3-6(1)5-7;1-5-2-4-3-6-4/h1-2,6-7H,3-5H2;4H,2-3H2,1H3. The molecule has 0 aromatic heterocycles. The van der Waals surface area contributed by atoms with E-state index in [0.717, 1.165) is 25.0 Å². The van der Waals surface area contributed by atoms with Crippen LogP contribution in [0.4, 0.5) is 0 Å². The third-order valence-electron chi connectivity index (χ3n) is 2.92. The number of hydrogen-bond donors (Lipinski definition) is 0. The van der Waals surface area contributed by atoms with Crippen molar-refractivity contribution in [2.24, 2.45) is 11.8 Å². The molecule has 1 saturated carbocycles. The van der Waals surface area contributed by atoms with Crippen LogP contribution in [0.1, 0.15) is 19.3 Å². The maximum atomic E-state index is 4.82. The van der Waals surface area contributed by atoms with Gasteiger partial charge in [0, 0.05) is 7.11 Å². The summed E-state index contributed by atoms with van der Waals surface area (Å²) in [6.45, 7) is 1.66. The van der Waals surface area contributed by atoms with E-state index in [1.54, 1.807) is 7.11 Å². The molecular weight excluding hydrogens is 164 g/mol. The van der Waals surface area contributed by atoms with Crippen LogP contribution < -0.4 is 0 Å². The van der Waals surface area contributed by atoms with Crippen LogP contribution in [-0.2, 0) is 9.47 Å². The van der Waals surface area contributed by atoms with Gasteiger partial charge in [-0.25, -0.2) is 0 Å². The van der Waals surface area contributed by atoms with Crippen molar-refractivity contribution in [2.45, 2.75) is 25.4 Å². The van der Waals surface area contributed by atoms with E-state index in [4.69, 9.17) is 9.47 Å². The van der Waals surface area contributed by atoms with E-state index in [9.17, 15) is 0 Å². The molecule has 0 aromatic rings. The van der Waals surface area contributed by atoms with Crippen molar-refractivity contribution in [3.8, 4) is 0 Å². The zero-order chi connectivity index (χ0) is 9.10. The number of fused-ring (bicyclic) bond motifs is 2. The normalized spacial score (nSPS) is 38.7. The second kappa shape index (κ2) is 4.25. The Hall–Kier alpha value is -0.340. The van der Waals surface area contributed by atoms with Crippen molar-refractivity contribution in [1.82, 2.24) is 0 Å². The van der Waals surface area contributed by atoms with Crippen molar-refractivity contribution in [3.05, 3.63) is 12.2 Å². The lowest BCUT2D eigenvalue weighted by atomic mass is 10.1. The summed E-state index contributed by atoms with van der Waals surface area (Å²) in [5.41, 5.74) is 0. The summed E-state index contributed by atoms with van der Waals surface area (Å²) in [5.74, 6) is 1.98. The van der Waals surface area contributed by atoms with E-state index in [0.29, 0.717) is 6.10 Å². The molecule has 2 fully saturated rings. The second-order valence-corrected chi connectivity index (χ2v) is 4.13. The van der Waals surface area contributed by atoms with Crippen LogP contribution in [0.3, 0.4) is 0 Å². The minimum Gasteiger partial charge on any atom is -0.382 e. The van der Waals surface area contributed by atoms with Gasteiger partial charge in [0.15, 0.2) is 0 Å². The summed E-state index contributed by atoms with van der Waals surface area (Å²) < 4.78 is 9.56. The highest BCUT2D eigenvalue weighted by Crippen LogP contribution is 2.38. The molecule has 0 spiro atoms. The summed E-state index contributed by atoms with van der Waals surface area (Å²) in [6.07, 6.45) is 9.61. The third-order valence-corrected chi connectivity index (χ3v) is 2.92. The molecule has 74 valence electrons. The van der Waals surface area contributed by atoms with Gasteiger partial charge in [0.05, 0.1) is 13.2 Å². The Bertz CT molecular complexity index is 173. The minimum atomic E-state index is 0.426. The highest BCUT2D eigenvalue weighted by molar-refractivity contribution is 5.06. The molecule has 13 heavy (non-hydrogen) atoms. The number of methoxy groups -OCH3 is 1. The lowest BCUT2D eigenvalue weighted by molar-refractivity contribution is 0.171. The van der Waals surface area contributed by atoms with Gasteiger partial charge in [0.1, 0.15) is 6.10 Å². The van der Waals surface area contributed by atoms with Crippen molar-refractivity contribution in [3.63, 3.8) is 0 Å². The summed E-state index contributed by atoms with van der Waals surface area (Å²) in [6, 6.07) is 0. The molecule has 3 unspecified atom stereocenters. The van der Waals surface area contributed by atoms with Gasteiger partial charge < -0.3 is 9.47 Å². The predicted molar refractivity (Wildman–Crippen MR) is 51.6 cm³/mol. The molecule has 2 nitrogen and oxygen atoms in total. The first-order valence-electron chi connectivity index (χ1n) is 5.17. The van der Waals surface area contributed by atoms with Crippen LogP contribution in [0.2, 0.25) is 0 Å². The maximum absolute atomic E-state index is 4.82. The van der Waals surface area contributed by atoms with Crippen LogP contribution in [0.15, 0.2) is 12.2 Å². The largest absolute Gasteiger partial charge is 0.382 e. The van der Waals surface area contributed by atoms with Crippen molar-refractivity contribution in [1.29, 1.82) is 0 Å². The number of allylic oxidation sites excluding steroid dienone is 2. The average Bonchev–Trinajstić information content (AvgIpc) is 2.73. The Balaban J connectivity index is 0.000000102. The Morgan fingerprint density at radius 1 is 1.31 bits per heavy atom. The van der Waals surface area contributed by atoms with E-state index in [1.165, 1.54) is 19.3 Å². The summed E-state index contributed by atoms with van der Waals surface area (Å²) in [5, 5.41) is 0. The minimum absolute atomic E-state index is 0.426. The number of epoxide rings is 1. The highest BCUT2D eigenvalue weighted by atomic mass is 16.6. The monoisotopic (exact) mass is 182 g/mol. The molecule has 1 saturated heterocycles. The third kappa shape index (κ3) is 2.82. The Morgan fingerprint density at radius 2 is 1.92 bits per heavy atom. The fourth-order valence-corrected chi connectivity index (χ4v) is 2.07. The summed E-state index contributed by atoms with van der Waals surface area (Å²) >= 11 is 0. The highest BCUT2D eigenvalue weighted by Gasteiger charge is 2.25. The first kappa shape index (κ1) is 9.22. The van der Waals surface area contributed by atoms with Gasteiger partial charge >= 0.3 is 0 Å². The molecule has 2 bridgehead atoms. The first-order chi connectivity index (χ1) is 6.38. The molecule has 0 N–H and O–H groups in total. The molecule has 3 rings (SSSR count). The van der Waals surface area contributed by atoms with Gasteiger partial charge in [-0.3, -0.25) is 0 Å². The maximum Gasteiger partial charge on any atom is 0.104 e. The van der Waals surface area contributed by atoms with Crippen molar-refractivity contribution >= 4 is 0 Å². The Kier molecular flexibility index (Phi) is 3.01. The molecule has 1 aliphatic heterocycles. The van der Waals surface area contributed by atoms with Crippen LogP contribution in [0, 0.1) is 11.8 Å². The molecule has 3 aliphatic rings. The molecule has 1 heterocycles. The smallest absolute Gasteiger partial charge is 0.104 e. The second-order valence-electron chi connectivity index (χ2n) is 4.13. The Morgan fingerprint density at radius 3 is 2.08 bits per heavy atom. The van der Waals surface area contributed by atoms with E-state index in [1.807, 2.05) is 0 Å². The average molecular weight is 182 g/mol. The number of ether oxygens (including phenoxy) is 2. The van der Waals surface area contributed by atoms with Gasteiger partial charge in [-0.1, -0.05) is 12.2 Å². The van der Waals surface area contributed by atoms with E-state index >= 15 is 0 Å². The molecule has 0 radical (unpaired) electrons. The van der Waals surface area contributed by atoms with Gasteiger partial charge in [0.25, 0.3) is 0 Å². The van der Waals surface area contributed by atoms with E-state index in [2.05, 4.69) is 12.2 Å². The molecule has 2 aliphatic carbocycles. The summed E-state index contributed by atoms with van der Waals surface area (Å²) in [4.78, 5) is 0. The van der Waals surface area contributed by atoms with Gasteiger partial charge in [-0.2, -0.15) is 0 Å². The number of hydrogen-bond acceptors (Lipinski definition) is 2. The van der Waals surface area contributed by atoms with Gasteiger partial charge in [-0.05, 0) is 31.1 Å². The van der Waals surface area contributed by atoms with Crippen molar-refractivity contribution < 1.29 is 9.47 Å². The quantitative estimate of drug-likeness (QED) is 0.481. The lowest BCUT2D eigenvalue weighted by Gasteiger charge is -1.96. The topological polar surface area (TPSA) is 21.8 Å². The fraction of sp³-hybridized carbons (Fsp3) is 0.818. The predicted octanol–water partition coefficient (Wildman–Crippen LogP) is 2.00. The van der Waals surface area contributed by atoms with E-state index < -0.39 is 0 Å². The van der Waals surface area contributed by atoms with Crippen LogP contribution in [0.5, 0.6) is 0 Å². The number of rotatable bonds is 2. The molecule has 3 atom stereocenters. The van der Waals surface area contributed by atoms with Gasteiger partial charge in [0.2, 0.25) is 0 Å². The summed E-state index contributed by atoms with van der Waals surface area (Å²) in [7, 11) is 1.68. The lowest BCUT2D eigenvalue weighted by Crippen LogP contribution is -1.94. The van der Waals surface area contributed by atoms with Crippen LogP contribution in [-0.4, -0.2) is 26.4 Å². The van der Waals surface area contributed by atoms with Crippen LogP contribution >= 0.6 is 0 Å². The Labute approximate surface area is 79.9 Å². The van der Waals surface area contributed by atoms with Gasteiger partial charge in [-0.15, -0.1) is 0 Å². The molecule has 2 heteroatoms. The molecular formula is C11H18O2. The van der Waals surface area contributed by atoms with Crippen LogP contribution in [0.25, 0.3) is 0 Å². The fourth-order valence-electron chi connectivity index (χ4n) is 2.07. The van der Waals surface area contributed by atoms with Crippen molar-refractivity contribution in [2.75, 3.05) is 20.3 Å². The first-order valence-corrected chi connectivity index (χ1v) is 5.17. The molecule has 0 amide bonds. The molecule has 0 aromatic carbocycles. The SMILES string of the molecule is C1=CC2CCC1C2.COCC1CO1.